The summed E-state index contributed by atoms with van der Waals surface area (Å²) in [5.41, 5.74) is 0.897. The number of sulfonamides is 1. The summed E-state index contributed by atoms with van der Waals surface area (Å²) in [6, 6.07) is 16.0. The smallest absolute Gasteiger partial charge is 0.243 e. The lowest BCUT2D eigenvalue weighted by atomic mass is 10.2. The van der Waals surface area contributed by atoms with E-state index < -0.39 is 15.9 Å². The second-order valence-electron chi connectivity index (χ2n) is 5.76. The van der Waals surface area contributed by atoms with Crippen LogP contribution < -0.4 is 5.32 Å². The molecule has 0 spiro atoms. The van der Waals surface area contributed by atoms with Gasteiger partial charge in [-0.15, -0.1) is 22.0 Å². The molecule has 28 heavy (non-hydrogen) atoms. The van der Waals surface area contributed by atoms with Crippen molar-refractivity contribution >= 4 is 44.2 Å². The van der Waals surface area contributed by atoms with Crippen LogP contribution in [0.1, 0.15) is 0 Å². The quantitative estimate of drug-likeness (QED) is 0.574. The van der Waals surface area contributed by atoms with E-state index in [2.05, 4.69) is 15.5 Å². The predicted molar refractivity (Wildman–Crippen MR) is 112 cm³/mol. The van der Waals surface area contributed by atoms with Gasteiger partial charge in [-0.3, -0.25) is 10.1 Å². The Kier molecular flexibility index (Phi) is 6.45. The van der Waals surface area contributed by atoms with Crippen molar-refractivity contribution in [2.45, 2.75) is 9.79 Å². The number of nitrogens with one attached hydrogen (secondary N) is 1. The van der Waals surface area contributed by atoms with Crippen molar-refractivity contribution in [3.8, 4) is 10.6 Å². The Morgan fingerprint density at radius 1 is 1.11 bits per heavy atom. The van der Waals surface area contributed by atoms with Crippen molar-refractivity contribution in [1.82, 2.24) is 14.5 Å². The van der Waals surface area contributed by atoms with Crippen LogP contribution in [0.2, 0.25) is 0 Å². The van der Waals surface area contributed by atoms with Crippen LogP contribution in [0, 0.1) is 0 Å². The van der Waals surface area contributed by atoms with Gasteiger partial charge in [0, 0.05) is 17.5 Å². The molecule has 1 aromatic heterocycles. The van der Waals surface area contributed by atoms with E-state index in [9.17, 15) is 13.2 Å². The summed E-state index contributed by atoms with van der Waals surface area (Å²) in [7, 11) is -2.39. The number of aromatic nitrogens is 2. The fourth-order valence-electron chi connectivity index (χ4n) is 2.34. The van der Waals surface area contributed by atoms with Crippen LogP contribution in [0.4, 0.5) is 5.13 Å². The average Bonchev–Trinajstić information content (AvgIpc) is 3.17. The lowest BCUT2D eigenvalue weighted by Crippen LogP contribution is -2.34. The van der Waals surface area contributed by atoms with Crippen LogP contribution in [0.25, 0.3) is 10.6 Å². The highest BCUT2D eigenvalue weighted by molar-refractivity contribution is 7.98. The lowest BCUT2D eigenvalue weighted by Gasteiger charge is -2.16. The van der Waals surface area contributed by atoms with Gasteiger partial charge in [0.05, 0.1) is 11.4 Å². The molecule has 2 aromatic carbocycles. The van der Waals surface area contributed by atoms with Gasteiger partial charge in [0.25, 0.3) is 0 Å². The molecular formula is C18H18N4O3S3. The zero-order valence-electron chi connectivity index (χ0n) is 15.2. The molecule has 10 heteroatoms. The third-order valence-electron chi connectivity index (χ3n) is 3.83. The average molecular weight is 435 g/mol. The number of likely N-dealkylation sites (N-methyl/N-ethyl adjacent to an activating group) is 1. The largest absolute Gasteiger partial charge is 0.299 e. The lowest BCUT2D eigenvalue weighted by molar-refractivity contribution is -0.116. The first kappa shape index (κ1) is 20.5. The molecule has 146 valence electrons. The van der Waals surface area contributed by atoms with Crippen molar-refractivity contribution in [1.29, 1.82) is 0 Å². The van der Waals surface area contributed by atoms with E-state index >= 15 is 0 Å². The predicted octanol–water partition coefficient (Wildman–Crippen LogP) is 3.19. The van der Waals surface area contributed by atoms with Crippen molar-refractivity contribution < 1.29 is 13.2 Å². The number of thioether (sulfide) groups is 1. The number of benzene rings is 2. The number of nitrogens with zero attached hydrogens (tertiary/aromatic N) is 3. The maximum atomic E-state index is 12.6. The standard InChI is InChI=1S/C18H18N4O3S3/c1-22(28(24,25)15-10-8-14(26-2)9-11-15)12-16(23)19-18-21-20-17(27-18)13-6-4-3-5-7-13/h3-11H,12H2,1-2H3,(H,19,21,23). The first-order valence-corrected chi connectivity index (χ1v) is 11.7. The zero-order chi connectivity index (χ0) is 20.1. The van der Waals surface area contributed by atoms with Crippen LogP contribution in [0.3, 0.4) is 0 Å². The van der Waals surface area contributed by atoms with Crippen LogP contribution in [0.15, 0.2) is 64.4 Å². The van der Waals surface area contributed by atoms with Gasteiger partial charge in [0.1, 0.15) is 5.01 Å². The number of carbonyl (C=O) groups is 1. The molecule has 0 saturated heterocycles. The first-order valence-electron chi connectivity index (χ1n) is 8.19. The maximum absolute atomic E-state index is 12.6. The second kappa shape index (κ2) is 8.82. The van der Waals surface area contributed by atoms with Gasteiger partial charge in [-0.1, -0.05) is 41.7 Å². The first-order chi connectivity index (χ1) is 13.4. The molecule has 7 nitrogen and oxygen atoms in total. The third-order valence-corrected chi connectivity index (χ3v) is 7.27. The normalized spacial score (nSPS) is 11.5. The number of hydrogen-bond donors (Lipinski definition) is 1. The zero-order valence-corrected chi connectivity index (χ0v) is 17.6. The fraction of sp³-hybridized carbons (Fsp3) is 0.167. The minimum atomic E-state index is -3.76. The summed E-state index contributed by atoms with van der Waals surface area (Å²) in [5.74, 6) is -0.484. The molecule has 1 amide bonds. The van der Waals surface area contributed by atoms with E-state index in [1.54, 1.807) is 12.1 Å². The number of hydrogen-bond acceptors (Lipinski definition) is 7. The number of amides is 1. The molecule has 0 aliphatic rings. The Labute approximate surface area is 171 Å². The minimum Gasteiger partial charge on any atom is -0.299 e. The van der Waals surface area contributed by atoms with Crippen LogP contribution in [0.5, 0.6) is 0 Å². The molecule has 0 atom stereocenters. The Morgan fingerprint density at radius 3 is 2.43 bits per heavy atom. The Bertz CT molecular complexity index is 1050. The van der Waals surface area contributed by atoms with Crippen LogP contribution in [-0.2, 0) is 14.8 Å². The number of carbonyl (C=O) groups excluding carboxylic acids is 1. The van der Waals surface area contributed by atoms with E-state index in [1.165, 1.54) is 42.3 Å². The molecule has 0 bridgehead atoms. The molecular weight excluding hydrogens is 416 g/mol. The summed E-state index contributed by atoms with van der Waals surface area (Å²) in [5, 5.41) is 11.6. The van der Waals surface area contributed by atoms with Crippen molar-refractivity contribution in [2.24, 2.45) is 0 Å². The summed E-state index contributed by atoms with van der Waals surface area (Å²) < 4.78 is 26.3. The van der Waals surface area contributed by atoms with Gasteiger partial charge in [-0.05, 0) is 30.5 Å². The Morgan fingerprint density at radius 2 is 1.79 bits per heavy atom. The van der Waals surface area contributed by atoms with Crippen molar-refractivity contribution in [2.75, 3.05) is 25.2 Å². The molecule has 3 rings (SSSR count). The highest BCUT2D eigenvalue weighted by atomic mass is 32.2. The summed E-state index contributed by atoms with van der Waals surface area (Å²) >= 11 is 2.75. The molecule has 0 aliphatic heterocycles. The topological polar surface area (TPSA) is 92.3 Å². The molecule has 0 fully saturated rings. The second-order valence-corrected chi connectivity index (χ2v) is 9.67. The molecule has 1 heterocycles. The minimum absolute atomic E-state index is 0.142. The third kappa shape index (κ3) is 4.76. The van der Waals surface area contributed by atoms with E-state index in [4.69, 9.17) is 0 Å². The van der Waals surface area contributed by atoms with Crippen LogP contribution >= 0.6 is 23.1 Å². The number of rotatable bonds is 7. The van der Waals surface area contributed by atoms with Crippen molar-refractivity contribution in [3.05, 3.63) is 54.6 Å². The molecule has 0 aliphatic carbocycles. The Balaban J connectivity index is 1.64. The van der Waals surface area contributed by atoms with E-state index in [0.29, 0.717) is 10.1 Å². The molecule has 0 radical (unpaired) electrons. The van der Waals surface area contributed by atoms with E-state index in [-0.39, 0.29) is 11.4 Å². The van der Waals surface area contributed by atoms with Gasteiger partial charge in [0.15, 0.2) is 0 Å². The van der Waals surface area contributed by atoms with Gasteiger partial charge in [-0.2, -0.15) is 4.31 Å². The SMILES string of the molecule is CSc1ccc(S(=O)(=O)N(C)CC(=O)Nc2nnc(-c3ccccc3)s2)cc1. The monoisotopic (exact) mass is 434 g/mol. The van der Waals surface area contributed by atoms with Crippen LogP contribution in [-0.4, -0.2) is 48.7 Å². The summed E-state index contributed by atoms with van der Waals surface area (Å²) in [6.07, 6.45) is 1.91. The van der Waals surface area contributed by atoms with Gasteiger partial charge >= 0.3 is 0 Å². The molecule has 3 aromatic rings. The van der Waals surface area contributed by atoms with Gasteiger partial charge in [-0.25, -0.2) is 8.42 Å². The summed E-state index contributed by atoms with van der Waals surface area (Å²) in [6.45, 7) is -0.327. The number of anilines is 1. The van der Waals surface area contributed by atoms with E-state index in [0.717, 1.165) is 14.8 Å². The molecule has 0 unspecified atom stereocenters. The van der Waals surface area contributed by atoms with Gasteiger partial charge in [0.2, 0.25) is 21.1 Å². The molecule has 0 saturated carbocycles. The highest BCUT2D eigenvalue weighted by Gasteiger charge is 2.23. The van der Waals surface area contributed by atoms with Gasteiger partial charge < -0.3 is 0 Å². The van der Waals surface area contributed by atoms with E-state index in [1.807, 2.05) is 36.6 Å². The highest BCUT2D eigenvalue weighted by Crippen LogP contribution is 2.26. The Hall–Kier alpha value is -2.27. The van der Waals surface area contributed by atoms with Crippen molar-refractivity contribution in [3.63, 3.8) is 0 Å². The fourth-order valence-corrected chi connectivity index (χ4v) is 4.65. The maximum Gasteiger partial charge on any atom is 0.243 e. The summed E-state index contributed by atoms with van der Waals surface area (Å²) in [4.78, 5) is 13.4. The molecule has 1 N–H and O–H groups in total.